The third kappa shape index (κ3) is 2.07. The van der Waals surface area contributed by atoms with Gasteiger partial charge in [-0.25, -0.2) is 8.42 Å². The van der Waals surface area contributed by atoms with E-state index in [1.54, 1.807) is 0 Å². The van der Waals surface area contributed by atoms with Crippen LogP contribution in [0.25, 0.3) is 0 Å². The third-order valence-corrected chi connectivity index (χ3v) is 4.11. The van der Waals surface area contributed by atoms with Gasteiger partial charge in [-0.15, -0.1) is 0 Å². The summed E-state index contributed by atoms with van der Waals surface area (Å²) in [5.74, 6) is -1.19. The zero-order valence-electron chi connectivity index (χ0n) is 9.08. The molecular formula is C9H9FN2O5S. The molecule has 0 atom stereocenters. The highest BCUT2D eigenvalue weighted by molar-refractivity contribution is 7.89. The molecule has 1 aliphatic heterocycles. The van der Waals surface area contributed by atoms with Crippen molar-refractivity contribution < 1.29 is 22.6 Å². The molecule has 0 unspecified atom stereocenters. The van der Waals surface area contributed by atoms with Gasteiger partial charge in [0.15, 0.2) is 4.90 Å². The van der Waals surface area contributed by atoms with Gasteiger partial charge in [-0.3, -0.25) is 15.0 Å². The molecule has 0 aromatic heterocycles. The van der Waals surface area contributed by atoms with E-state index in [9.17, 15) is 22.9 Å². The van der Waals surface area contributed by atoms with Crippen molar-refractivity contribution in [2.45, 2.75) is 11.3 Å². The molecule has 1 aliphatic rings. The summed E-state index contributed by atoms with van der Waals surface area (Å²) >= 11 is 0. The minimum atomic E-state index is -4.21. The number of hydroxylamine groups is 1. The first-order chi connectivity index (χ1) is 8.44. The summed E-state index contributed by atoms with van der Waals surface area (Å²) < 4.78 is 38.1. The second kappa shape index (κ2) is 4.59. The Morgan fingerprint density at radius 1 is 1.44 bits per heavy atom. The first-order valence-electron chi connectivity index (χ1n) is 5.03. The van der Waals surface area contributed by atoms with Crippen LogP contribution in [0.4, 0.5) is 10.1 Å². The average Bonchev–Trinajstić information content (AvgIpc) is 2.82. The first-order valence-corrected chi connectivity index (χ1v) is 6.47. The quantitative estimate of drug-likeness (QED) is 0.608. The fourth-order valence-electron chi connectivity index (χ4n) is 1.60. The van der Waals surface area contributed by atoms with Crippen molar-refractivity contribution in [2.75, 3.05) is 13.2 Å². The molecule has 0 aliphatic carbocycles. The van der Waals surface area contributed by atoms with Gasteiger partial charge in [0.1, 0.15) is 0 Å². The lowest BCUT2D eigenvalue weighted by molar-refractivity contribution is -0.390. The van der Waals surface area contributed by atoms with Crippen LogP contribution < -0.4 is 0 Å². The summed E-state index contributed by atoms with van der Waals surface area (Å²) in [6.07, 6.45) is 0.488. The summed E-state index contributed by atoms with van der Waals surface area (Å²) in [6, 6.07) is 2.92. The van der Waals surface area contributed by atoms with Crippen LogP contribution in [0.5, 0.6) is 0 Å². The fraction of sp³-hybridized carbons (Fsp3) is 0.333. The topological polar surface area (TPSA) is 89.8 Å². The van der Waals surface area contributed by atoms with Crippen LogP contribution >= 0.6 is 0 Å². The van der Waals surface area contributed by atoms with Crippen molar-refractivity contribution in [2.24, 2.45) is 0 Å². The molecule has 0 amide bonds. The number of nitro benzene ring substituents is 1. The van der Waals surface area contributed by atoms with Gasteiger partial charge in [-0.1, -0.05) is 10.5 Å². The highest BCUT2D eigenvalue weighted by Crippen LogP contribution is 2.30. The summed E-state index contributed by atoms with van der Waals surface area (Å²) in [5, 5.41) is 10.7. The highest BCUT2D eigenvalue weighted by atomic mass is 32.2. The Hall–Kier alpha value is -1.58. The van der Waals surface area contributed by atoms with Crippen LogP contribution in [-0.4, -0.2) is 31.0 Å². The van der Waals surface area contributed by atoms with E-state index in [0.29, 0.717) is 10.9 Å². The lowest BCUT2D eigenvalue weighted by Gasteiger charge is -2.14. The summed E-state index contributed by atoms with van der Waals surface area (Å²) in [5.41, 5.74) is -1.06. The Morgan fingerprint density at radius 3 is 2.72 bits per heavy atom. The first kappa shape index (κ1) is 12.9. The second-order valence-electron chi connectivity index (χ2n) is 3.56. The summed E-state index contributed by atoms with van der Waals surface area (Å²) in [4.78, 5) is 13.8. The third-order valence-electron chi connectivity index (χ3n) is 2.40. The molecule has 0 bridgehead atoms. The number of hydrogen-bond acceptors (Lipinski definition) is 5. The molecular weight excluding hydrogens is 267 g/mol. The molecule has 7 nitrogen and oxygen atoms in total. The normalized spacial score (nSPS) is 16.9. The number of nitro groups is 1. The van der Waals surface area contributed by atoms with E-state index in [1.807, 2.05) is 0 Å². The maximum atomic E-state index is 13.4. The van der Waals surface area contributed by atoms with Gasteiger partial charge < -0.3 is 0 Å². The van der Waals surface area contributed by atoms with E-state index in [2.05, 4.69) is 0 Å². The van der Waals surface area contributed by atoms with E-state index >= 15 is 0 Å². The molecule has 1 heterocycles. The molecule has 0 radical (unpaired) electrons. The standard InChI is InChI=1S/C9H9FN2O5S/c10-7-3-1-4-8(9(7)12(13)14)18(15,16)11-5-2-6-17-11/h1,3-4H,2,5-6H2. The van der Waals surface area contributed by atoms with Crippen LogP contribution in [0.3, 0.4) is 0 Å². The lowest BCUT2D eigenvalue weighted by atomic mass is 10.3. The van der Waals surface area contributed by atoms with Crippen LogP contribution in [0.2, 0.25) is 0 Å². The SMILES string of the molecule is O=[N+]([O-])c1c(F)cccc1S(=O)(=O)N1CCCO1. The summed E-state index contributed by atoms with van der Waals surface area (Å²) in [6.45, 7) is 0.304. The predicted octanol–water partition coefficient (Wildman–Crippen LogP) is 1.06. The molecule has 0 saturated carbocycles. The van der Waals surface area contributed by atoms with Crippen molar-refractivity contribution in [3.8, 4) is 0 Å². The summed E-state index contributed by atoms with van der Waals surface area (Å²) in [7, 11) is -4.21. The fourth-order valence-corrected chi connectivity index (χ4v) is 3.07. The number of sulfonamides is 1. The van der Waals surface area contributed by atoms with Gasteiger partial charge in [0.25, 0.3) is 10.0 Å². The van der Waals surface area contributed by atoms with Gasteiger partial charge in [-0.05, 0) is 18.6 Å². The Bertz CT molecular complexity index is 583. The highest BCUT2D eigenvalue weighted by Gasteiger charge is 2.36. The van der Waals surface area contributed by atoms with Crippen LogP contribution in [-0.2, 0) is 14.9 Å². The minimum absolute atomic E-state index is 0.0933. The van der Waals surface area contributed by atoms with Crippen LogP contribution in [0, 0.1) is 15.9 Å². The van der Waals surface area contributed by atoms with Gasteiger partial charge in [-0.2, -0.15) is 4.39 Å². The molecule has 0 N–H and O–H groups in total. The molecule has 1 fully saturated rings. The van der Waals surface area contributed by atoms with Gasteiger partial charge >= 0.3 is 5.69 Å². The Labute approximate surface area is 102 Å². The van der Waals surface area contributed by atoms with Gasteiger partial charge in [0, 0.05) is 6.54 Å². The second-order valence-corrected chi connectivity index (χ2v) is 5.36. The Morgan fingerprint density at radius 2 is 2.17 bits per heavy atom. The molecule has 98 valence electrons. The lowest BCUT2D eigenvalue weighted by Crippen LogP contribution is -2.27. The van der Waals surface area contributed by atoms with Crippen LogP contribution in [0.1, 0.15) is 6.42 Å². The number of para-hydroxylation sites is 1. The molecule has 2 rings (SSSR count). The van der Waals surface area contributed by atoms with Gasteiger partial charge in [0.05, 0.1) is 11.5 Å². The van der Waals surface area contributed by atoms with Crippen molar-refractivity contribution in [3.63, 3.8) is 0 Å². The molecule has 9 heteroatoms. The maximum Gasteiger partial charge on any atom is 0.324 e. The zero-order chi connectivity index (χ0) is 13.3. The van der Waals surface area contributed by atoms with E-state index in [0.717, 1.165) is 18.2 Å². The largest absolute Gasteiger partial charge is 0.324 e. The van der Waals surface area contributed by atoms with E-state index < -0.39 is 31.3 Å². The molecule has 0 spiro atoms. The number of nitrogens with zero attached hydrogens (tertiary/aromatic N) is 2. The Kier molecular flexibility index (Phi) is 3.28. The monoisotopic (exact) mass is 276 g/mol. The van der Waals surface area contributed by atoms with Crippen molar-refractivity contribution >= 4 is 15.7 Å². The number of hydrogen-bond donors (Lipinski definition) is 0. The predicted molar refractivity (Wildman–Crippen MR) is 57.5 cm³/mol. The molecule has 1 aromatic rings. The van der Waals surface area contributed by atoms with Crippen molar-refractivity contribution in [3.05, 3.63) is 34.1 Å². The van der Waals surface area contributed by atoms with Crippen molar-refractivity contribution in [1.82, 2.24) is 4.47 Å². The van der Waals surface area contributed by atoms with Gasteiger partial charge in [0.2, 0.25) is 5.82 Å². The van der Waals surface area contributed by atoms with E-state index in [1.165, 1.54) is 0 Å². The maximum absolute atomic E-state index is 13.4. The van der Waals surface area contributed by atoms with Crippen LogP contribution in [0.15, 0.2) is 23.1 Å². The molecule has 1 saturated heterocycles. The number of benzene rings is 1. The molecule has 1 aromatic carbocycles. The minimum Gasteiger partial charge on any atom is -0.284 e. The molecule has 18 heavy (non-hydrogen) atoms. The number of rotatable bonds is 3. The average molecular weight is 276 g/mol. The number of halogens is 1. The van der Waals surface area contributed by atoms with Crippen molar-refractivity contribution in [1.29, 1.82) is 0 Å². The Balaban J connectivity index is 2.57. The zero-order valence-corrected chi connectivity index (χ0v) is 9.89. The smallest absolute Gasteiger partial charge is 0.284 e. The van der Waals surface area contributed by atoms with E-state index in [-0.39, 0.29) is 13.2 Å². The van der Waals surface area contributed by atoms with E-state index in [4.69, 9.17) is 4.84 Å².